The number of ether oxygens (including phenoxy) is 1. The molecule has 2 aromatic carbocycles. The quantitative estimate of drug-likeness (QED) is 0.427. The molecular formula is C21H14F4N4O2. The fourth-order valence-corrected chi connectivity index (χ4v) is 3.39. The van der Waals surface area contributed by atoms with E-state index in [4.69, 9.17) is 9.26 Å². The zero-order valence-corrected chi connectivity index (χ0v) is 15.8. The predicted octanol–water partition coefficient (Wildman–Crippen LogP) is 5.03. The summed E-state index contributed by atoms with van der Waals surface area (Å²) in [7, 11) is 0. The molecule has 158 valence electrons. The second kappa shape index (κ2) is 7.31. The maximum absolute atomic E-state index is 13.2. The third kappa shape index (κ3) is 3.81. The molecule has 5 rings (SSSR count). The lowest BCUT2D eigenvalue weighted by atomic mass is 10.1. The molecule has 0 bridgehead atoms. The van der Waals surface area contributed by atoms with Gasteiger partial charge in [0, 0.05) is 5.56 Å². The van der Waals surface area contributed by atoms with E-state index in [1.807, 2.05) is 0 Å². The maximum atomic E-state index is 13.2. The van der Waals surface area contributed by atoms with Crippen molar-refractivity contribution >= 4 is 0 Å². The van der Waals surface area contributed by atoms with Gasteiger partial charge in [-0.05, 0) is 35.9 Å². The summed E-state index contributed by atoms with van der Waals surface area (Å²) in [5, 5.41) is 8.26. The second-order valence-electron chi connectivity index (χ2n) is 7.06. The van der Waals surface area contributed by atoms with Crippen LogP contribution in [0.2, 0.25) is 0 Å². The van der Waals surface area contributed by atoms with Crippen LogP contribution in [-0.4, -0.2) is 19.9 Å². The van der Waals surface area contributed by atoms with Crippen LogP contribution in [0.4, 0.5) is 17.6 Å². The van der Waals surface area contributed by atoms with Gasteiger partial charge in [0.25, 0.3) is 5.89 Å². The summed E-state index contributed by atoms with van der Waals surface area (Å²) < 4.78 is 64.8. The van der Waals surface area contributed by atoms with Gasteiger partial charge in [-0.2, -0.15) is 23.3 Å². The number of aromatic nitrogens is 4. The number of alkyl halides is 3. The van der Waals surface area contributed by atoms with Gasteiger partial charge in [0.15, 0.2) is 5.69 Å². The van der Waals surface area contributed by atoms with Gasteiger partial charge in [0.2, 0.25) is 5.82 Å². The van der Waals surface area contributed by atoms with Crippen molar-refractivity contribution in [1.82, 2.24) is 19.9 Å². The van der Waals surface area contributed by atoms with Crippen LogP contribution in [0.3, 0.4) is 0 Å². The molecule has 0 saturated carbocycles. The molecule has 1 atom stereocenters. The molecule has 0 fully saturated rings. The Labute approximate surface area is 173 Å². The number of benzene rings is 2. The van der Waals surface area contributed by atoms with Gasteiger partial charge in [-0.3, -0.25) is 4.68 Å². The molecule has 31 heavy (non-hydrogen) atoms. The molecule has 10 heteroatoms. The SMILES string of the molecule is Fc1ccc(C2Cn3nc(-c4nc(-c5cccc(C(F)(F)F)c5)no4)cc3CO2)cc1. The summed E-state index contributed by atoms with van der Waals surface area (Å²) in [6.07, 6.45) is -4.75. The van der Waals surface area contributed by atoms with E-state index in [0.717, 1.165) is 23.4 Å². The Morgan fingerprint density at radius 3 is 2.61 bits per heavy atom. The highest BCUT2D eigenvalue weighted by Gasteiger charge is 2.31. The van der Waals surface area contributed by atoms with Crippen molar-refractivity contribution < 1.29 is 26.8 Å². The van der Waals surface area contributed by atoms with Crippen molar-refractivity contribution in [2.45, 2.75) is 25.4 Å². The summed E-state index contributed by atoms with van der Waals surface area (Å²) in [5.41, 5.74) is 1.40. The van der Waals surface area contributed by atoms with Crippen LogP contribution in [0, 0.1) is 5.82 Å². The van der Waals surface area contributed by atoms with Gasteiger partial charge in [-0.15, -0.1) is 0 Å². The van der Waals surface area contributed by atoms with Crippen LogP contribution in [0.1, 0.15) is 22.9 Å². The molecule has 1 unspecified atom stereocenters. The van der Waals surface area contributed by atoms with Crippen molar-refractivity contribution in [2.24, 2.45) is 0 Å². The molecule has 4 aromatic rings. The van der Waals surface area contributed by atoms with E-state index < -0.39 is 11.7 Å². The van der Waals surface area contributed by atoms with Gasteiger partial charge < -0.3 is 9.26 Å². The lowest BCUT2D eigenvalue weighted by Crippen LogP contribution is -2.21. The molecule has 6 nitrogen and oxygen atoms in total. The molecule has 1 aliphatic heterocycles. The number of hydrogen-bond acceptors (Lipinski definition) is 5. The summed E-state index contributed by atoms with van der Waals surface area (Å²) in [6, 6.07) is 12.5. The molecule has 0 N–H and O–H groups in total. The van der Waals surface area contributed by atoms with E-state index in [1.165, 1.54) is 24.3 Å². The normalized spacial score (nSPS) is 16.3. The molecule has 3 heterocycles. The predicted molar refractivity (Wildman–Crippen MR) is 99.9 cm³/mol. The first-order valence-corrected chi connectivity index (χ1v) is 9.32. The number of halogens is 4. The Hall–Kier alpha value is -3.53. The lowest BCUT2D eigenvalue weighted by Gasteiger charge is -2.24. The molecule has 0 amide bonds. The van der Waals surface area contributed by atoms with Crippen molar-refractivity contribution in [3.63, 3.8) is 0 Å². The van der Waals surface area contributed by atoms with Crippen LogP contribution in [-0.2, 0) is 24.1 Å². The number of fused-ring (bicyclic) bond motifs is 1. The minimum Gasteiger partial charge on any atom is -0.365 e. The Bertz CT molecular complexity index is 1230. The van der Waals surface area contributed by atoms with Crippen LogP contribution >= 0.6 is 0 Å². The van der Waals surface area contributed by atoms with Gasteiger partial charge in [0.05, 0.1) is 24.4 Å². The molecule has 1 aliphatic rings. The number of rotatable bonds is 3. The second-order valence-corrected chi connectivity index (χ2v) is 7.06. The smallest absolute Gasteiger partial charge is 0.365 e. The van der Waals surface area contributed by atoms with Gasteiger partial charge in [-0.1, -0.05) is 29.4 Å². The Morgan fingerprint density at radius 1 is 1.03 bits per heavy atom. The molecule has 0 saturated heterocycles. The minimum absolute atomic E-state index is 0.0347. The topological polar surface area (TPSA) is 66.0 Å². The van der Waals surface area contributed by atoms with Gasteiger partial charge >= 0.3 is 6.18 Å². The first kappa shape index (κ1) is 19.4. The molecule has 0 aliphatic carbocycles. The van der Waals surface area contributed by atoms with Crippen LogP contribution in [0.5, 0.6) is 0 Å². The minimum atomic E-state index is -4.47. The van der Waals surface area contributed by atoms with E-state index in [2.05, 4.69) is 15.2 Å². The Morgan fingerprint density at radius 2 is 1.84 bits per heavy atom. The fraction of sp³-hybridized carbons (Fsp3) is 0.190. The van der Waals surface area contributed by atoms with Crippen LogP contribution in [0.15, 0.2) is 59.1 Å². The highest BCUT2D eigenvalue weighted by Crippen LogP contribution is 2.33. The van der Waals surface area contributed by atoms with E-state index in [1.54, 1.807) is 22.9 Å². The monoisotopic (exact) mass is 430 g/mol. The van der Waals surface area contributed by atoms with E-state index in [-0.39, 0.29) is 35.8 Å². The third-order valence-corrected chi connectivity index (χ3v) is 4.97. The number of nitrogens with zero attached hydrogens (tertiary/aromatic N) is 4. The largest absolute Gasteiger partial charge is 0.416 e. The maximum Gasteiger partial charge on any atom is 0.416 e. The van der Waals surface area contributed by atoms with Crippen LogP contribution < -0.4 is 0 Å². The van der Waals surface area contributed by atoms with E-state index in [9.17, 15) is 17.6 Å². The summed E-state index contributed by atoms with van der Waals surface area (Å²) in [4.78, 5) is 4.20. The van der Waals surface area contributed by atoms with Crippen molar-refractivity contribution in [3.05, 3.63) is 77.2 Å². The van der Waals surface area contributed by atoms with Crippen molar-refractivity contribution in [3.8, 4) is 23.0 Å². The Kier molecular flexibility index (Phi) is 4.58. The summed E-state index contributed by atoms with van der Waals surface area (Å²) >= 11 is 0. The molecule has 2 aromatic heterocycles. The molecular weight excluding hydrogens is 416 g/mol. The third-order valence-electron chi connectivity index (χ3n) is 4.97. The van der Waals surface area contributed by atoms with Gasteiger partial charge in [0.1, 0.15) is 11.9 Å². The number of hydrogen-bond donors (Lipinski definition) is 0. The first-order chi connectivity index (χ1) is 14.9. The summed E-state index contributed by atoms with van der Waals surface area (Å²) in [6.45, 7) is 0.694. The highest BCUT2D eigenvalue weighted by molar-refractivity contribution is 5.59. The van der Waals surface area contributed by atoms with Gasteiger partial charge in [-0.25, -0.2) is 4.39 Å². The zero-order valence-electron chi connectivity index (χ0n) is 15.8. The van der Waals surface area contributed by atoms with Crippen molar-refractivity contribution in [2.75, 3.05) is 0 Å². The van der Waals surface area contributed by atoms with E-state index in [0.29, 0.717) is 12.2 Å². The Balaban J connectivity index is 1.39. The first-order valence-electron chi connectivity index (χ1n) is 9.32. The average molecular weight is 430 g/mol. The fourth-order valence-electron chi connectivity index (χ4n) is 3.39. The van der Waals surface area contributed by atoms with Crippen molar-refractivity contribution in [1.29, 1.82) is 0 Å². The molecule has 0 spiro atoms. The molecule has 0 radical (unpaired) electrons. The zero-order chi connectivity index (χ0) is 21.6. The standard InChI is InChI=1S/C21H14F4N4O2/c22-15-6-4-12(5-7-15)18-10-29-16(11-30-18)9-17(27-29)20-26-19(28-31-20)13-2-1-3-14(8-13)21(23,24)25/h1-9,18H,10-11H2. The average Bonchev–Trinajstić information content (AvgIpc) is 3.40. The van der Waals surface area contributed by atoms with Crippen LogP contribution in [0.25, 0.3) is 23.0 Å². The highest BCUT2D eigenvalue weighted by atomic mass is 19.4. The van der Waals surface area contributed by atoms with E-state index >= 15 is 0 Å². The summed E-state index contributed by atoms with van der Waals surface area (Å²) in [5.74, 6) is -0.199. The lowest BCUT2D eigenvalue weighted by molar-refractivity contribution is -0.137.